The van der Waals surface area contributed by atoms with E-state index in [4.69, 9.17) is 9.46 Å². The minimum atomic E-state index is -3.67. The van der Waals surface area contributed by atoms with E-state index in [0.717, 1.165) is 0 Å². The number of hydrogen-bond acceptors (Lipinski definition) is 2. The molecule has 0 N–H and O–H groups in total. The molecule has 0 rings (SSSR count). The van der Waals surface area contributed by atoms with Gasteiger partial charge in [-0.25, -0.2) is 0 Å². The standard InChI is InChI=1S/BF3.Li.H3O2P/c2-1(3)4;;1-3-2/h;;3H2,(H,1,2)/q;+1;/p-1. The van der Waals surface area contributed by atoms with Crippen LogP contribution in [-0.4, -0.2) is 7.54 Å². The Hall–Kier alpha value is 0.642. The Kier molecular flexibility index (Phi) is 31.0. The van der Waals surface area contributed by atoms with Crippen LogP contribution in [0.3, 0.4) is 0 Å². The molecular formula is H2BF3LiO2P. The molecular weight excluding hydrogens is 138 g/mol. The third kappa shape index (κ3) is 513. The van der Waals surface area contributed by atoms with E-state index < -0.39 is 16.2 Å². The van der Waals surface area contributed by atoms with Crippen molar-refractivity contribution >= 4 is 16.2 Å². The van der Waals surface area contributed by atoms with Gasteiger partial charge in [-0.3, -0.25) is 12.9 Å². The Bertz CT molecular complexity index is 41.5. The quantitative estimate of drug-likeness (QED) is 0.264. The van der Waals surface area contributed by atoms with Gasteiger partial charge in [-0.1, -0.05) is 0 Å². The molecule has 0 saturated heterocycles. The van der Waals surface area contributed by atoms with E-state index in [1.807, 2.05) is 0 Å². The molecule has 44 valence electrons. The molecule has 0 fully saturated rings. The van der Waals surface area contributed by atoms with Gasteiger partial charge in [0.25, 0.3) is 0 Å². The topological polar surface area (TPSA) is 40.1 Å². The first kappa shape index (κ1) is 15.9. The molecule has 8 heteroatoms. The van der Waals surface area contributed by atoms with Crippen LogP contribution in [0, 0.1) is 0 Å². The zero-order valence-electron chi connectivity index (χ0n) is 4.11. The third-order valence-corrected chi connectivity index (χ3v) is 0. The summed E-state index contributed by atoms with van der Waals surface area (Å²) < 4.78 is 37.5. The van der Waals surface area contributed by atoms with Crippen LogP contribution in [0.4, 0.5) is 12.9 Å². The van der Waals surface area contributed by atoms with Crippen molar-refractivity contribution in [3.05, 3.63) is 0 Å². The summed E-state index contributed by atoms with van der Waals surface area (Å²) in [6, 6.07) is 0. The van der Waals surface area contributed by atoms with Crippen molar-refractivity contribution in [2.45, 2.75) is 0 Å². The normalized spacial score (nSPS) is 7.00. The maximum absolute atomic E-state index is 9.67. The van der Waals surface area contributed by atoms with Crippen LogP contribution in [-0.2, 0) is 4.57 Å². The number of hydrogen-bond donors (Lipinski definition) is 0. The second kappa shape index (κ2) is 15.6. The van der Waals surface area contributed by atoms with Crippen molar-refractivity contribution in [2.75, 3.05) is 0 Å². The summed E-state index contributed by atoms with van der Waals surface area (Å²) in [6.07, 6.45) is 0. The first-order chi connectivity index (χ1) is 3.15. The van der Waals surface area contributed by atoms with Crippen molar-refractivity contribution in [2.24, 2.45) is 0 Å². The average Bonchev–Trinajstić information content (AvgIpc) is 1.33. The molecule has 0 bridgehead atoms. The van der Waals surface area contributed by atoms with Gasteiger partial charge in [0.15, 0.2) is 0 Å². The Morgan fingerprint density at radius 1 is 1.38 bits per heavy atom. The Labute approximate surface area is 58.1 Å². The average molecular weight is 140 g/mol. The summed E-state index contributed by atoms with van der Waals surface area (Å²) in [5, 5.41) is 0. The molecule has 0 saturated carbocycles. The number of halogens is 3. The van der Waals surface area contributed by atoms with Gasteiger partial charge in [-0.2, -0.15) is 0 Å². The molecule has 2 nitrogen and oxygen atoms in total. The fourth-order valence-corrected chi connectivity index (χ4v) is 0. The van der Waals surface area contributed by atoms with Crippen molar-refractivity contribution in [1.29, 1.82) is 0 Å². The van der Waals surface area contributed by atoms with Gasteiger partial charge in [-0.05, 0) is 8.69 Å². The number of rotatable bonds is 0. The van der Waals surface area contributed by atoms with Crippen LogP contribution < -0.4 is 23.8 Å². The first-order valence-corrected chi connectivity index (χ1v) is 2.07. The molecule has 0 aliphatic heterocycles. The minimum Gasteiger partial charge on any atom is -0.804 e. The molecule has 0 aromatic carbocycles. The van der Waals surface area contributed by atoms with Crippen LogP contribution in [0.2, 0.25) is 0 Å². The monoisotopic (exact) mass is 140 g/mol. The van der Waals surface area contributed by atoms with Crippen LogP contribution in [0.15, 0.2) is 0 Å². The third-order valence-electron chi connectivity index (χ3n) is 0. The van der Waals surface area contributed by atoms with Gasteiger partial charge in [0.05, 0.1) is 0 Å². The fraction of sp³-hybridized carbons (Fsp3) is 0. The molecule has 1 atom stereocenters. The summed E-state index contributed by atoms with van der Waals surface area (Å²) >= 11 is 0. The van der Waals surface area contributed by atoms with E-state index in [1.54, 1.807) is 0 Å². The van der Waals surface area contributed by atoms with Crippen LogP contribution in [0.25, 0.3) is 0 Å². The Balaban J connectivity index is -0.0000000575. The molecule has 1 unspecified atom stereocenters. The van der Waals surface area contributed by atoms with Crippen molar-refractivity contribution in [3.8, 4) is 0 Å². The summed E-state index contributed by atoms with van der Waals surface area (Å²) in [5.41, 5.74) is 0. The van der Waals surface area contributed by atoms with E-state index >= 15 is 0 Å². The molecule has 0 aromatic rings. The molecule has 0 amide bonds. The van der Waals surface area contributed by atoms with Crippen molar-refractivity contribution in [3.63, 3.8) is 0 Å². The molecule has 0 aliphatic rings. The predicted molar refractivity (Wildman–Crippen MR) is 19.5 cm³/mol. The zero-order chi connectivity index (χ0) is 6.28. The van der Waals surface area contributed by atoms with Gasteiger partial charge >= 0.3 is 26.4 Å². The van der Waals surface area contributed by atoms with Crippen LogP contribution >= 0.6 is 8.69 Å². The van der Waals surface area contributed by atoms with Crippen LogP contribution in [0.1, 0.15) is 0 Å². The summed E-state index contributed by atoms with van der Waals surface area (Å²) in [5.74, 6) is 0. The van der Waals surface area contributed by atoms with Gasteiger partial charge < -0.3 is 9.46 Å². The molecule has 0 radical (unpaired) electrons. The summed E-state index contributed by atoms with van der Waals surface area (Å²) in [4.78, 5) is 8.46. The Morgan fingerprint density at radius 3 is 1.38 bits per heavy atom. The van der Waals surface area contributed by atoms with E-state index in [1.165, 1.54) is 0 Å². The molecule has 8 heavy (non-hydrogen) atoms. The van der Waals surface area contributed by atoms with E-state index in [2.05, 4.69) is 0 Å². The van der Waals surface area contributed by atoms with E-state index in [0.29, 0.717) is 0 Å². The summed E-state index contributed by atoms with van der Waals surface area (Å²) in [6.45, 7) is 0. The minimum absolute atomic E-state index is 0. The Morgan fingerprint density at radius 2 is 1.38 bits per heavy atom. The van der Waals surface area contributed by atoms with E-state index in [-0.39, 0.29) is 18.9 Å². The smallest absolute Gasteiger partial charge is 0.804 e. The van der Waals surface area contributed by atoms with Gasteiger partial charge in [0.2, 0.25) is 0 Å². The van der Waals surface area contributed by atoms with Gasteiger partial charge in [0, 0.05) is 0 Å². The largest absolute Gasteiger partial charge is 1.00 e. The zero-order valence-corrected chi connectivity index (χ0v) is 5.26. The van der Waals surface area contributed by atoms with Crippen molar-refractivity contribution in [1.82, 2.24) is 0 Å². The predicted octanol–water partition coefficient (Wildman–Crippen LogP) is -3.10. The molecule has 0 spiro atoms. The van der Waals surface area contributed by atoms with E-state index in [9.17, 15) is 12.9 Å². The summed E-state index contributed by atoms with van der Waals surface area (Å²) in [7, 11) is -5.42. The molecule has 0 heterocycles. The second-order valence-corrected chi connectivity index (χ2v) is 0.536. The molecule has 0 aliphatic carbocycles. The van der Waals surface area contributed by atoms with Crippen LogP contribution in [0.5, 0.6) is 0 Å². The maximum atomic E-state index is 9.67. The fourth-order valence-electron chi connectivity index (χ4n) is 0. The van der Waals surface area contributed by atoms with Crippen molar-refractivity contribution < 1.29 is 41.3 Å². The molecule has 0 aromatic heterocycles. The second-order valence-electron chi connectivity index (χ2n) is 0.344. The first-order valence-electron chi connectivity index (χ1n) is 1.13. The van der Waals surface area contributed by atoms with Gasteiger partial charge in [0.1, 0.15) is 0 Å². The maximum Gasteiger partial charge on any atom is 1.00 e. The van der Waals surface area contributed by atoms with Gasteiger partial charge in [-0.15, -0.1) is 0 Å². The SMILES string of the molecule is FB(F)F.O=[PH2][O-].[Li+].